The zero-order valence-corrected chi connectivity index (χ0v) is 10.2. The predicted molar refractivity (Wildman–Crippen MR) is 62.3 cm³/mol. The number of halogens is 1. The number of hydrogen-bond acceptors (Lipinski definition) is 4. The first-order valence-electron chi connectivity index (χ1n) is 4.80. The number of carbonyl (C=O) groups is 1. The molecule has 1 rings (SSSR count). The molecule has 0 bridgehead atoms. The second-order valence-electron chi connectivity index (χ2n) is 3.11. The number of ether oxygens (including phenoxy) is 3. The molecule has 0 aliphatic rings. The molecule has 17 heavy (non-hydrogen) atoms. The van der Waals surface area contributed by atoms with Gasteiger partial charge in [-0.3, -0.25) is 4.79 Å². The van der Waals surface area contributed by atoms with Crippen LogP contribution in [-0.2, 0) is 4.79 Å². The average Bonchev–Trinajstić information content (AvgIpc) is 2.34. The van der Waals surface area contributed by atoms with Crippen molar-refractivity contribution in [2.24, 2.45) is 0 Å². The van der Waals surface area contributed by atoms with E-state index in [1.54, 1.807) is 18.2 Å². The van der Waals surface area contributed by atoms with E-state index in [4.69, 9.17) is 30.9 Å². The summed E-state index contributed by atoms with van der Waals surface area (Å²) in [7, 11) is 2.97. The monoisotopic (exact) mass is 260 g/mol. The number of aliphatic carboxylic acids is 1. The van der Waals surface area contributed by atoms with Gasteiger partial charge in [-0.2, -0.15) is 0 Å². The van der Waals surface area contributed by atoms with Crippen LogP contribution in [0.25, 0.3) is 0 Å². The van der Waals surface area contributed by atoms with Gasteiger partial charge in [0.1, 0.15) is 6.61 Å². The van der Waals surface area contributed by atoms with Crippen LogP contribution < -0.4 is 14.2 Å². The smallest absolute Gasteiger partial charge is 0.325 e. The second-order valence-corrected chi connectivity index (χ2v) is 3.64. The van der Waals surface area contributed by atoms with Crippen molar-refractivity contribution in [2.75, 3.05) is 20.8 Å². The van der Waals surface area contributed by atoms with Gasteiger partial charge in [-0.1, -0.05) is 6.07 Å². The molecule has 0 aromatic heterocycles. The number of carboxylic acids is 1. The second kappa shape index (κ2) is 6.20. The quantitative estimate of drug-likeness (QED) is 0.790. The molecule has 0 amide bonds. The van der Waals surface area contributed by atoms with Gasteiger partial charge in [-0.05, 0) is 12.1 Å². The van der Waals surface area contributed by atoms with E-state index in [9.17, 15) is 4.79 Å². The number of para-hydroxylation sites is 1. The standard InChI is InChI=1S/C11H13ClO5/c1-15-8-4-3-5-9(16-2)10(8)17-6-7(12)11(13)14/h3-5,7H,6H2,1-2H3,(H,13,14). The van der Waals surface area contributed by atoms with Crippen molar-refractivity contribution in [2.45, 2.75) is 5.38 Å². The van der Waals surface area contributed by atoms with E-state index in [1.807, 2.05) is 0 Å². The van der Waals surface area contributed by atoms with Gasteiger partial charge in [0.2, 0.25) is 5.75 Å². The molecule has 94 valence electrons. The van der Waals surface area contributed by atoms with Crippen molar-refractivity contribution in [1.82, 2.24) is 0 Å². The van der Waals surface area contributed by atoms with Crippen molar-refractivity contribution in [3.05, 3.63) is 18.2 Å². The normalized spacial score (nSPS) is 11.7. The highest BCUT2D eigenvalue weighted by atomic mass is 35.5. The van der Waals surface area contributed by atoms with Crippen molar-refractivity contribution < 1.29 is 24.1 Å². The molecule has 0 aliphatic heterocycles. The molecule has 0 spiro atoms. The molecule has 1 aromatic carbocycles. The molecule has 0 radical (unpaired) electrons. The molecule has 1 N–H and O–H groups in total. The number of carboxylic acid groups (broad SMARTS) is 1. The van der Waals surface area contributed by atoms with E-state index >= 15 is 0 Å². The van der Waals surface area contributed by atoms with Crippen LogP contribution in [0.2, 0.25) is 0 Å². The van der Waals surface area contributed by atoms with Crippen molar-refractivity contribution in [1.29, 1.82) is 0 Å². The molecule has 0 saturated heterocycles. The van der Waals surface area contributed by atoms with Gasteiger partial charge < -0.3 is 19.3 Å². The molecular weight excluding hydrogens is 248 g/mol. The van der Waals surface area contributed by atoms with Crippen molar-refractivity contribution in [3.8, 4) is 17.2 Å². The molecule has 0 saturated carbocycles. The summed E-state index contributed by atoms with van der Waals surface area (Å²) in [5.74, 6) is 0.113. The lowest BCUT2D eigenvalue weighted by Crippen LogP contribution is -2.21. The molecule has 5 nitrogen and oxygen atoms in total. The molecule has 0 aliphatic carbocycles. The lowest BCUT2D eigenvalue weighted by molar-refractivity contribution is -0.137. The Bertz CT molecular complexity index is 371. The molecule has 6 heteroatoms. The van der Waals surface area contributed by atoms with Gasteiger partial charge in [0.05, 0.1) is 14.2 Å². The molecule has 0 heterocycles. The van der Waals surface area contributed by atoms with Crippen LogP contribution in [0.5, 0.6) is 17.2 Å². The van der Waals surface area contributed by atoms with Gasteiger partial charge in [-0.25, -0.2) is 0 Å². The minimum atomic E-state index is -1.14. The maximum Gasteiger partial charge on any atom is 0.325 e. The number of benzene rings is 1. The summed E-state index contributed by atoms with van der Waals surface area (Å²) < 4.78 is 15.5. The third-order valence-corrected chi connectivity index (χ3v) is 2.34. The van der Waals surface area contributed by atoms with Crippen LogP contribution in [0.4, 0.5) is 0 Å². The highest BCUT2D eigenvalue weighted by molar-refractivity contribution is 6.29. The Balaban J connectivity index is 2.84. The Morgan fingerprint density at radius 2 is 1.88 bits per heavy atom. The van der Waals surface area contributed by atoms with Crippen LogP contribution in [-0.4, -0.2) is 37.3 Å². The first-order valence-corrected chi connectivity index (χ1v) is 5.24. The van der Waals surface area contributed by atoms with E-state index in [2.05, 4.69) is 0 Å². The summed E-state index contributed by atoms with van der Waals surface area (Å²) in [6.07, 6.45) is 0. The van der Waals surface area contributed by atoms with Gasteiger partial charge in [0.25, 0.3) is 0 Å². The summed E-state index contributed by atoms with van der Waals surface area (Å²) in [6, 6.07) is 5.10. The fraction of sp³-hybridized carbons (Fsp3) is 0.364. The van der Waals surface area contributed by atoms with Gasteiger partial charge in [0.15, 0.2) is 16.9 Å². The van der Waals surface area contributed by atoms with Crippen LogP contribution in [0, 0.1) is 0 Å². The highest BCUT2D eigenvalue weighted by Gasteiger charge is 2.17. The van der Waals surface area contributed by atoms with Crippen molar-refractivity contribution >= 4 is 17.6 Å². The van der Waals surface area contributed by atoms with E-state index in [-0.39, 0.29) is 6.61 Å². The Morgan fingerprint density at radius 3 is 2.29 bits per heavy atom. The highest BCUT2D eigenvalue weighted by Crippen LogP contribution is 2.36. The maximum atomic E-state index is 10.6. The minimum absolute atomic E-state index is 0.173. The fourth-order valence-corrected chi connectivity index (χ4v) is 1.25. The lowest BCUT2D eigenvalue weighted by atomic mass is 10.3. The Hall–Kier alpha value is -1.62. The zero-order chi connectivity index (χ0) is 12.8. The topological polar surface area (TPSA) is 65.0 Å². The summed E-state index contributed by atoms with van der Waals surface area (Å²) in [5.41, 5.74) is 0. The van der Waals surface area contributed by atoms with E-state index in [0.717, 1.165) is 0 Å². The van der Waals surface area contributed by atoms with E-state index in [1.165, 1.54) is 14.2 Å². The number of alkyl halides is 1. The largest absolute Gasteiger partial charge is 0.493 e. The summed E-state index contributed by atoms with van der Waals surface area (Å²) >= 11 is 5.55. The van der Waals surface area contributed by atoms with Crippen molar-refractivity contribution in [3.63, 3.8) is 0 Å². The average molecular weight is 261 g/mol. The summed E-state index contributed by atoms with van der Waals surface area (Å²) in [6.45, 7) is -0.173. The minimum Gasteiger partial charge on any atom is -0.493 e. The van der Waals surface area contributed by atoms with Crippen LogP contribution in [0.15, 0.2) is 18.2 Å². The Kier molecular flexibility index (Phi) is 4.90. The van der Waals surface area contributed by atoms with Gasteiger partial charge >= 0.3 is 5.97 Å². The molecule has 1 unspecified atom stereocenters. The Labute approximate surface area is 104 Å². The number of hydrogen-bond donors (Lipinski definition) is 1. The third kappa shape index (κ3) is 3.42. The van der Waals surface area contributed by atoms with Crippen LogP contribution >= 0.6 is 11.6 Å². The number of rotatable bonds is 6. The molecule has 1 aromatic rings. The predicted octanol–water partition coefficient (Wildman–Crippen LogP) is 1.77. The SMILES string of the molecule is COc1cccc(OC)c1OCC(Cl)C(=O)O. The van der Waals surface area contributed by atoms with E-state index in [0.29, 0.717) is 17.2 Å². The maximum absolute atomic E-state index is 10.6. The zero-order valence-electron chi connectivity index (χ0n) is 9.47. The van der Waals surface area contributed by atoms with Crippen LogP contribution in [0.3, 0.4) is 0 Å². The first-order chi connectivity index (χ1) is 8.10. The molecule has 0 fully saturated rings. The Morgan fingerprint density at radius 1 is 1.35 bits per heavy atom. The third-order valence-electron chi connectivity index (χ3n) is 2.02. The lowest BCUT2D eigenvalue weighted by Gasteiger charge is -2.14. The first kappa shape index (κ1) is 13.4. The van der Waals surface area contributed by atoms with Gasteiger partial charge in [0, 0.05) is 0 Å². The molecular formula is C11H13ClO5. The van der Waals surface area contributed by atoms with Crippen LogP contribution in [0.1, 0.15) is 0 Å². The van der Waals surface area contributed by atoms with E-state index < -0.39 is 11.3 Å². The number of methoxy groups -OCH3 is 2. The van der Waals surface area contributed by atoms with Gasteiger partial charge in [-0.15, -0.1) is 11.6 Å². The summed E-state index contributed by atoms with van der Waals surface area (Å²) in [5, 5.41) is 7.52. The molecule has 1 atom stereocenters. The fourth-order valence-electron chi connectivity index (χ4n) is 1.19. The summed E-state index contributed by atoms with van der Waals surface area (Å²) in [4.78, 5) is 10.6.